The molecular weight excluding hydrogens is 420 g/mol. The minimum Gasteiger partial charge on any atom is -0.489 e. The Morgan fingerprint density at radius 3 is 2.56 bits per heavy atom. The van der Waals surface area contributed by atoms with Gasteiger partial charge in [0.05, 0.1) is 5.52 Å². The second-order valence-corrected chi connectivity index (χ2v) is 7.96. The highest BCUT2D eigenvalue weighted by atomic mass is 35.5. The van der Waals surface area contributed by atoms with Crippen molar-refractivity contribution < 1.29 is 9.53 Å². The SMILES string of the molecule is C=CCOc1cccc2c1cc(C(=O)NCCc1ccccc1)n2Cc1cccc(Cl)c1. The quantitative estimate of drug-likeness (QED) is 0.327. The summed E-state index contributed by atoms with van der Waals surface area (Å²) in [6.45, 7) is 5.20. The number of nitrogens with zero attached hydrogens (tertiary/aromatic N) is 1. The molecule has 0 aliphatic heterocycles. The van der Waals surface area contributed by atoms with Gasteiger partial charge in [0.25, 0.3) is 5.91 Å². The lowest BCUT2D eigenvalue weighted by atomic mass is 10.1. The van der Waals surface area contributed by atoms with Crippen molar-refractivity contribution in [3.8, 4) is 5.75 Å². The minimum atomic E-state index is -0.117. The first kappa shape index (κ1) is 21.7. The Balaban J connectivity index is 1.65. The summed E-state index contributed by atoms with van der Waals surface area (Å²) in [5, 5.41) is 4.63. The van der Waals surface area contributed by atoms with Gasteiger partial charge in [0.15, 0.2) is 0 Å². The molecule has 5 heteroatoms. The second kappa shape index (κ2) is 10.2. The number of amides is 1. The van der Waals surface area contributed by atoms with E-state index < -0.39 is 0 Å². The number of hydrogen-bond donors (Lipinski definition) is 1. The summed E-state index contributed by atoms with van der Waals surface area (Å²) in [6, 6.07) is 25.6. The lowest BCUT2D eigenvalue weighted by molar-refractivity contribution is 0.0946. The van der Waals surface area contributed by atoms with Crippen molar-refractivity contribution >= 4 is 28.4 Å². The Labute approximate surface area is 193 Å². The predicted molar refractivity (Wildman–Crippen MR) is 131 cm³/mol. The lowest BCUT2D eigenvalue weighted by Crippen LogP contribution is -2.28. The highest BCUT2D eigenvalue weighted by molar-refractivity contribution is 6.30. The summed E-state index contributed by atoms with van der Waals surface area (Å²) in [7, 11) is 0. The molecule has 4 rings (SSSR count). The van der Waals surface area contributed by atoms with Crippen LogP contribution in [0.4, 0.5) is 0 Å². The molecule has 0 saturated heterocycles. The topological polar surface area (TPSA) is 43.3 Å². The highest BCUT2D eigenvalue weighted by Crippen LogP contribution is 2.30. The molecule has 1 heterocycles. The van der Waals surface area contributed by atoms with E-state index in [1.807, 2.05) is 71.3 Å². The van der Waals surface area contributed by atoms with E-state index in [9.17, 15) is 4.79 Å². The zero-order valence-electron chi connectivity index (χ0n) is 17.8. The average molecular weight is 445 g/mol. The van der Waals surface area contributed by atoms with Gasteiger partial charge in [-0.2, -0.15) is 0 Å². The molecule has 0 saturated carbocycles. The highest BCUT2D eigenvalue weighted by Gasteiger charge is 2.18. The van der Waals surface area contributed by atoms with Gasteiger partial charge in [-0.15, -0.1) is 0 Å². The fraction of sp³-hybridized carbons (Fsp3) is 0.148. The molecule has 0 aliphatic carbocycles. The van der Waals surface area contributed by atoms with Crippen molar-refractivity contribution in [1.82, 2.24) is 9.88 Å². The van der Waals surface area contributed by atoms with Crippen LogP contribution in [0.2, 0.25) is 5.02 Å². The van der Waals surface area contributed by atoms with Gasteiger partial charge < -0.3 is 14.6 Å². The number of benzene rings is 3. The minimum absolute atomic E-state index is 0.117. The molecule has 1 amide bonds. The standard InChI is InChI=1S/C27H25ClN2O2/c1-2-16-32-26-13-7-12-24-23(26)18-25(30(24)19-21-10-6-11-22(28)17-21)27(31)29-15-14-20-8-4-3-5-9-20/h2-13,17-18H,1,14-16,19H2,(H,29,31). The van der Waals surface area contributed by atoms with Crippen LogP contribution in [0.25, 0.3) is 10.9 Å². The van der Waals surface area contributed by atoms with Gasteiger partial charge in [0.1, 0.15) is 18.1 Å². The number of nitrogens with one attached hydrogen (secondary N) is 1. The van der Waals surface area contributed by atoms with Gasteiger partial charge in [-0.3, -0.25) is 4.79 Å². The smallest absolute Gasteiger partial charge is 0.267 e. The molecule has 1 N–H and O–H groups in total. The number of ether oxygens (including phenoxy) is 1. The third-order valence-electron chi connectivity index (χ3n) is 5.27. The van der Waals surface area contributed by atoms with E-state index in [1.165, 1.54) is 5.56 Å². The summed E-state index contributed by atoms with van der Waals surface area (Å²) in [5.41, 5.74) is 3.72. The van der Waals surface area contributed by atoms with E-state index in [0.717, 1.165) is 28.6 Å². The molecular formula is C27H25ClN2O2. The Morgan fingerprint density at radius 2 is 1.78 bits per heavy atom. The number of fused-ring (bicyclic) bond motifs is 1. The van der Waals surface area contributed by atoms with Crippen LogP contribution in [0.3, 0.4) is 0 Å². The normalized spacial score (nSPS) is 10.8. The maximum atomic E-state index is 13.2. The summed E-state index contributed by atoms with van der Waals surface area (Å²) < 4.78 is 7.85. The first-order chi connectivity index (χ1) is 15.7. The van der Waals surface area contributed by atoms with E-state index in [4.69, 9.17) is 16.3 Å². The first-order valence-corrected chi connectivity index (χ1v) is 11.0. The number of aromatic nitrogens is 1. The van der Waals surface area contributed by atoms with Crippen LogP contribution in [-0.4, -0.2) is 23.6 Å². The fourth-order valence-electron chi connectivity index (χ4n) is 3.76. The summed E-state index contributed by atoms with van der Waals surface area (Å²) in [5.74, 6) is 0.611. The third-order valence-corrected chi connectivity index (χ3v) is 5.50. The zero-order chi connectivity index (χ0) is 22.3. The number of hydrogen-bond acceptors (Lipinski definition) is 2. The van der Waals surface area contributed by atoms with Gasteiger partial charge in [-0.25, -0.2) is 0 Å². The van der Waals surface area contributed by atoms with Crippen molar-refractivity contribution in [3.63, 3.8) is 0 Å². The van der Waals surface area contributed by atoms with Crippen molar-refractivity contribution in [3.05, 3.63) is 113 Å². The van der Waals surface area contributed by atoms with Crippen LogP contribution < -0.4 is 10.1 Å². The fourth-order valence-corrected chi connectivity index (χ4v) is 3.98. The second-order valence-electron chi connectivity index (χ2n) is 7.53. The summed E-state index contributed by atoms with van der Waals surface area (Å²) in [6.07, 6.45) is 2.48. The lowest BCUT2D eigenvalue weighted by Gasteiger charge is -2.12. The van der Waals surface area contributed by atoms with Crippen molar-refractivity contribution in [2.24, 2.45) is 0 Å². The molecule has 0 bridgehead atoms. The Hall–Kier alpha value is -3.50. The molecule has 0 aliphatic rings. The maximum absolute atomic E-state index is 13.2. The molecule has 4 aromatic rings. The Kier molecular flexibility index (Phi) is 6.93. The number of carbonyl (C=O) groups excluding carboxylic acids is 1. The van der Waals surface area contributed by atoms with E-state index in [0.29, 0.717) is 30.4 Å². The Bertz CT molecular complexity index is 1230. The molecule has 1 aromatic heterocycles. The van der Waals surface area contributed by atoms with Crippen LogP contribution >= 0.6 is 11.6 Å². The summed E-state index contributed by atoms with van der Waals surface area (Å²) in [4.78, 5) is 13.2. The molecule has 0 fully saturated rings. The van der Waals surface area contributed by atoms with E-state index in [2.05, 4.69) is 24.0 Å². The molecule has 0 unspecified atom stereocenters. The van der Waals surface area contributed by atoms with Crippen molar-refractivity contribution in [2.75, 3.05) is 13.2 Å². The molecule has 32 heavy (non-hydrogen) atoms. The predicted octanol–water partition coefficient (Wildman–Crippen LogP) is 5.88. The van der Waals surface area contributed by atoms with Gasteiger partial charge in [-0.05, 0) is 47.9 Å². The molecule has 4 nitrogen and oxygen atoms in total. The number of halogens is 1. The molecule has 0 radical (unpaired) electrons. The summed E-state index contributed by atoms with van der Waals surface area (Å²) >= 11 is 6.20. The average Bonchev–Trinajstić information content (AvgIpc) is 3.17. The zero-order valence-corrected chi connectivity index (χ0v) is 18.5. The van der Waals surface area contributed by atoms with Crippen molar-refractivity contribution in [2.45, 2.75) is 13.0 Å². The van der Waals surface area contributed by atoms with Gasteiger partial charge in [0.2, 0.25) is 0 Å². The largest absolute Gasteiger partial charge is 0.489 e. The number of rotatable bonds is 9. The first-order valence-electron chi connectivity index (χ1n) is 10.6. The maximum Gasteiger partial charge on any atom is 0.267 e. The Morgan fingerprint density at radius 1 is 1.00 bits per heavy atom. The van der Waals surface area contributed by atoms with Crippen molar-refractivity contribution in [1.29, 1.82) is 0 Å². The molecule has 0 spiro atoms. The van der Waals surface area contributed by atoms with Gasteiger partial charge in [0, 0.05) is 23.5 Å². The third kappa shape index (κ3) is 5.04. The van der Waals surface area contributed by atoms with E-state index in [-0.39, 0.29) is 5.91 Å². The van der Waals surface area contributed by atoms with Crippen LogP contribution in [0, 0.1) is 0 Å². The molecule has 162 valence electrons. The van der Waals surface area contributed by atoms with Gasteiger partial charge in [-0.1, -0.05) is 72.8 Å². The van der Waals surface area contributed by atoms with Gasteiger partial charge >= 0.3 is 0 Å². The van der Waals surface area contributed by atoms with E-state index in [1.54, 1.807) is 6.08 Å². The number of carbonyl (C=O) groups is 1. The monoisotopic (exact) mass is 444 g/mol. The van der Waals surface area contributed by atoms with Crippen LogP contribution in [0.15, 0.2) is 91.5 Å². The van der Waals surface area contributed by atoms with Crippen LogP contribution in [0.1, 0.15) is 21.6 Å². The molecule has 0 atom stereocenters. The van der Waals surface area contributed by atoms with Crippen LogP contribution in [-0.2, 0) is 13.0 Å². The molecule has 3 aromatic carbocycles. The van der Waals surface area contributed by atoms with E-state index >= 15 is 0 Å². The van der Waals surface area contributed by atoms with Crippen LogP contribution in [0.5, 0.6) is 5.75 Å².